The lowest BCUT2D eigenvalue weighted by atomic mass is 9.84. The molecule has 1 amide bonds. The predicted molar refractivity (Wildman–Crippen MR) is 79.7 cm³/mol. The molecule has 0 aromatic heterocycles. The molecule has 3 unspecified atom stereocenters. The number of rotatable bonds is 4. The molecule has 2 rings (SSSR count). The molecule has 0 radical (unpaired) electrons. The van der Waals surface area contributed by atoms with E-state index in [1.807, 2.05) is 38.1 Å². The summed E-state index contributed by atoms with van der Waals surface area (Å²) in [5.41, 5.74) is 6.34. The van der Waals surface area contributed by atoms with Crippen molar-refractivity contribution >= 4 is 17.5 Å². The Bertz CT molecular complexity index is 495. The molecule has 1 aromatic carbocycles. The van der Waals surface area contributed by atoms with E-state index >= 15 is 0 Å². The molecule has 0 aliphatic carbocycles. The van der Waals surface area contributed by atoms with Gasteiger partial charge in [0.2, 0.25) is 5.91 Å². The summed E-state index contributed by atoms with van der Waals surface area (Å²) in [6, 6.07) is 7.40. The molecular weight excluding hydrogens is 276 g/mol. The summed E-state index contributed by atoms with van der Waals surface area (Å²) < 4.78 is 5.31. The van der Waals surface area contributed by atoms with Gasteiger partial charge in [-0.05, 0) is 31.9 Å². The van der Waals surface area contributed by atoms with Gasteiger partial charge in [0, 0.05) is 17.1 Å². The SMILES string of the molecule is CC(Cc1ccccc1Cl)NC(=O)C1(C)COCC1N. The van der Waals surface area contributed by atoms with Crippen LogP contribution in [0.15, 0.2) is 24.3 Å². The number of nitrogens with one attached hydrogen (secondary N) is 1. The highest BCUT2D eigenvalue weighted by atomic mass is 35.5. The van der Waals surface area contributed by atoms with Crippen LogP contribution < -0.4 is 11.1 Å². The van der Waals surface area contributed by atoms with Gasteiger partial charge in [-0.1, -0.05) is 29.8 Å². The Labute approximate surface area is 124 Å². The van der Waals surface area contributed by atoms with Gasteiger partial charge in [0.1, 0.15) is 0 Å². The third-order valence-electron chi connectivity index (χ3n) is 3.90. The Hall–Kier alpha value is -1.10. The number of benzene rings is 1. The Morgan fingerprint density at radius 3 is 2.90 bits per heavy atom. The monoisotopic (exact) mass is 296 g/mol. The van der Waals surface area contributed by atoms with Gasteiger partial charge in [0.25, 0.3) is 0 Å². The van der Waals surface area contributed by atoms with Crippen LogP contribution in [0.25, 0.3) is 0 Å². The van der Waals surface area contributed by atoms with Gasteiger partial charge in [-0.2, -0.15) is 0 Å². The van der Waals surface area contributed by atoms with E-state index in [-0.39, 0.29) is 18.0 Å². The second-order valence-electron chi connectivity index (χ2n) is 5.71. The van der Waals surface area contributed by atoms with Gasteiger partial charge in [-0.25, -0.2) is 0 Å². The Morgan fingerprint density at radius 1 is 1.60 bits per heavy atom. The molecule has 1 aliphatic heterocycles. The molecule has 0 bridgehead atoms. The minimum absolute atomic E-state index is 0.00738. The van der Waals surface area contributed by atoms with Crippen molar-refractivity contribution in [1.82, 2.24) is 5.32 Å². The molecular formula is C15H21ClN2O2. The van der Waals surface area contributed by atoms with Gasteiger partial charge in [0.05, 0.1) is 18.6 Å². The maximum atomic E-state index is 12.4. The third-order valence-corrected chi connectivity index (χ3v) is 4.27. The van der Waals surface area contributed by atoms with Gasteiger partial charge >= 0.3 is 0 Å². The van der Waals surface area contributed by atoms with Gasteiger partial charge in [0.15, 0.2) is 0 Å². The molecule has 1 aliphatic rings. The summed E-state index contributed by atoms with van der Waals surface area (Å²) in [5, 5.41) is 3.73. The van der Waals surface area contributed by atoms with Crippen molar-refractivity contribution in [2.45, 2.75) is 32.4 Å². The number of hydrogen-bond acceptors (Lipinski definition) is 3. The molecule has 3 N–H and O–H groups in total. The molecule has 20 heavy (non-hydrogen) atoms. The zero-order valence-corrected chi connectivity index (χ0v) is 12.6. The summed E-state index contributed by atoms with van der Waals surface area (Å²) in [5.74, 6) is -0.0537. The minimum Gasteiger partial charge on any atom is -0.379 e. The minimum atomic E-state index is -0.644. The van der Waals surface area contributed by atoms with E-state index in [9.17, 15) is 4.79 Å². The van der Waals surface area contributed by atoms with Crippen LogP contribution in [0.3, 0.4) is 0 Å². The van der Waals surface area contributed by atoms with E-state index in [0.29, 0.717) is 19.6 Å². The standard InChI is InChI=1S/C15H21ClN2O2/c1-10(7-11-5-3-4-6-12(11)16)18-14(19)15(2)9-20-8-13(15)17/h3-6,10,13H,7-9,17H2,1-2H3,(H,18,19). The molecule has 4 nitrogen and oxygen atoms in total. The fraction of sp³-hybridized carbons (Fsp3) is 0.533. The zero-order chi connectivity index (χ0) is 14.8. The summed E-state index contributed by atoms with van der Waals surface area (Å²) >= 11 is 6.13. The van der Waals surface area contributed by atoms with Gasteiger partial charge in [-0.15, -0.1) is 0 Å². The van der Waals surface area contributed by atoms with E-state index in [4.69, 9.17) is 22.1 Å². The summed E-state index contributed by atoms with van der Waals surface area (Å²) in [6.45, 7) is 4.62. The normalized spacial score (nSPS) is 27.3. The Kier molecular flexibility index (Phi) is 4.68. The van der Waals surface area contributed by atoms with Gasteiger partial charge < -0.3 is 15.8 Å². The Balaban J connectivity index is 1.96. The molecule has 3 atom stereocenters. The van der Waals surface area contributed by atoms with E-state index < -0.39 is 5.41 Å². The maximum Gasteiger partial charge on any atom is 0.230 e. The fourth-order valence-electron chi connectivity index (χ4n) is 2.36. The van der Waals surface area contributed by atoms with Crippen LogP contribution in [-0.2, 0) is 16.0 Å². The maximum absolute atomic E-state index is 12.4. The highest BCUT2D eigenvalue weighted by molar-refractivity contribution is 6.31. The largest absolute Gasteiger partial charge is 0.379 e. The second kappa shape index (κ2) is 6.12. The molecule has 1 fully saturated rings. The Morgan fingerprint density at radius 2 is 2.30 bits per heavy atom. The van der Waals surface area contributed by atoms with E-state index in [2.05, 4.69) is 5.32 Å². The van der Waals surface area contributed by atoms with Crippen LogP contribution in [-0.4, -0.2) is 31.2 Å². The molecule has 5 heteroatoms. The van der Waals surface area contributed by atoms with E-state index in [1.54, 1.807) is 0 Å². The summed E-state index contributed by atoms with van der Waals surface area (Å²) in [7, 11) is 0. The van der Waals surface area contributed by atoms with Crippen LogP contribution in [0.5, 0.6) is 0 Å². The molecule has 1 saturated heterocycles. The van der Waals surface area contributed by atoms with Crippen molar-refractivity contribution in [1.29, 1.82) is 0 Å². The molecule has 1 heterocycles. The third kappa shape index (κ3) is 3.14. The number of nitrogens with two attached hydrogens (primary N) is 1. The second-order valence-corrected chi connectivity index (χ2v) is 6.12. The summed E-state index contributed by atoms with van der Waals surface area (Å²) in [4.78, 5) is 12.4. The van der Waals surface area contributed by atoms with Gasteiger partial charge in [-0.3, -0.25) is 4.79 Å². The average Bonchev–Trinajstić information content (AvgIpc) is 2.74. The van der Waals surface area contributed by atoms with E-state index in [0.717, 1.165) is 10.6 Å². The van der Waals surface area contributed by atoms with Crippen molar-refractivity contribution < 1.29 is 9.53 Å². The van der Waals surface area contributed by atoms with Crippen LogP contribution in [0.1, 0.15) is 19.4 Å². The highest BCUT2D eigenvalue weighted by Gasteiger charge is 2.44. The number of amides is 1. The van der Waals surface area contributed by atoms with Crippen LogP contribution >= 0.6 is 11.6 Å². The number of halogens is 1. The number of carbonyl (C=O) groups is 1. The smallest absolute Gasteiger partial charge is 0.230 e. The van der Waals surface area contributed by atoms with E-state index in [1.165, 1.54) is 0 Å². The van der Waals surface area contributed by atoms with Crippen LogP contribution in [0.4, 0.5) is 0 Å². The van der Waals surface area contributed by atoms with Crippen molar-refractivity contribution in [3.63, 3.8) is 0 Å². The predicted octanol–water partition coefficient (Wildman–Crippen LogP) is 1.75. The molecule has 110 valence electrons. The molecule has 1 aromatic rings. The lowest BCUT2D eigenvalue weighted by molar-refractivity contribution is -0.131. The molecule has 0 spiro atoms. The fourth-order valence-corrected chi connectivity index (χ4v) is 2.57. The first kappa shape index (κ1) is 15.3. The topological polar surface area (TPSA) is 64.3 Å². The highest BCUT2D eigenvalue weighted by Crippen LogP contribution is 2.27. The van der Waals surface area contributed by atoms with Crippen molar-refractivity contribution in [2.24, 2.45) is 11.1 Å². The summed E-state index contributed by atoms with van der Waals surface area (Å²) in [6.07, 6.45) is 0.692. The molecule has 0 saturated carbocycles. The van der Waals surface area contributed by atoms with Crippen molar-refractivity contribution in [3.8, 4) is 0 Å². The van der Waals surface area contributed by atoms with Crippen LogP contribution in [0, 0.1) is 5.41 Å². The zero-order valence-electron chi connectivity index (χ0n) is 11.9. The first-order valence-electron chi connectivity index (χ1n) is 6.81. The quantitative estimate of drug-likeness (QED) is 0.890. The average molecular weight is 297 g/mol. The first-order chi connectivity index (χ1) is 9.43. The number of ether oxygens (including phenoxy) is 1. The van der Waals surface area contributed by atoms with Crippen molar-refractivity contribution in [2.75, 3.05) is 13.2 Å². The lowest BCUT2D eigenvalue weighted by Crippen LogP contribution is -2.52. The lowest BCUT2D eigenvalue weighted by Gasteiger charge is -2.27. The number of hydrogen-bond donors (Lipinski definition) is 2. The van der Waals surface area contributed by atoms with Crippen LogP contribution in [0.2, 0.25) is 5.02 Å². The van der Waals surface area contributed by atoms with Crippen molar-refractivity contribution in [3.05, 3.63) is 34.9 Å². The first-order valence-corrected chi connectivity index (χ1v) is 7.19. The number of carbonyl (C=O) groups excluding carboxylic acids is 1.